The third-order valence-corrected chi connectivity index (χ3v) is 4.45. The van der Waals surface area contributed by atoms with Gasteiger partial charge in [0.25, 0.3) is 0 Å². The number of rotatable bonds is 4. The Hall–Kier alpha value is -0.370. The second-order valence-electron chi connectivity index (χ2n) is 4.25. The van der Waals surface area contributed by atoms with Crippen LogP contribution in [-0.4, -0.2) is 4.83 Å². The molecule has 0 spiro atoms. The zero-order chi connectivity index (χ0) is 11.4. The minimum Gasteiger partial charge on any atom is -0.207 e. The van der Waals surface area contributed by atoms with E-state index in [1.54, 1.807) is 0 Å². The van der Waals surface area contributed by atoms with Crippen molar-refractivity contribution in [2.45, 2.75) is 37.9 Å². The molecule has 2 atom stereocenters. The van der Waals surface area contributed by atoms with Crippen molar-refractivity contribution in [3.8, 4) is 0 Å². The molecule has 1 aromatic rings. The number of hydrogen-bond acceptors (Lipinski definition) is 0. The second-order valence-corrected chi connectivity index (χ2v) is 5.31. The third-order valence-electron chi connectivity index (χ3n) is 2.76. The van der Waals surface area contributed by atoms with Crippen LogP contribution in [-0.2, 0) is 0 Å². The maximum absolute atomic E-state index is 12.8. The molecule has 0 aliphatic heterocycles. The molecule has 0 radical (unpaired) electrons. The van der Waals surface area contributed by atoms with Crippen molar-refractivity contribution in [3.05, 3.63) is 35.6 Å². The van der Waals surface area contributed by atoms with Crippen molar-refractivity contribution in [3.63, 3.8) is 0 Å². The lowest BCUT2D eigenvalue weighted by atomic mass is 9.88. The predicted molar refractivity (Wildman–Crippen MR) is 67.0 cm³/mol. The van der Waals surface area contributed by atoms with E-state index in [1.807, 2.05) is 12.1 Å². The number of halogens is 2. The first-order chi connectivity index (χ1) is 7.06. The first kappa shape index (κ1) is 12.7. The Kier molecular flexibility index (Phi) is 4.78. The van der Waals surface area contributed by atoms with Crippen LogP contribution in [0.2, 0.25) is 0 Å². The molecule has 15 heavy (non-hydrogen) atoms. The summed E-state index contributed by atoms with van der Waals surface area (Å²) in [5, 5.41) is 0. The van der Waals surface area contributed by atoms with Crippen LogP contribution in [0.3, 0.4) is 0 Å². The lowest BCUT2D eigenvalue weighted by molar-refractivity contribution is 0.513. The predicted octanol–water partition coefficient (Wildman–Crippen LogP) is 4.74. The lowest BCUT2D eigenvalue weighted by Crippen LogP contribution is -2.17. The fraction of sp³-hybridized carbons (Fsp3) is 0.538. The van der Waals surface area contributed by atoms with E-state index in [0.29, 0.717) is 16.7 Å². The van der Waals surface area contributed by atoms with Crippen LogP contribution in [0.5, 0.6) is 0 Å². The van der Waals surface area contributed by atoms with Crippen LogP contribution < -0.4 is 0 Å². The minimum atomic E-state index is -0.163. The minimum absolute atomic E-state index is 0.163. The summed E-state index contributed by atoms with van der Waals surface area (Å²) in [5.74, 6) is 0.884. The van der Waals surface area contributed by atoms with Crippen molar-refractivity contribution < 1.29 is 4.39 Å². The normalized spacial score (nSPS) is 15.3. The molecule has 0 heterocycles. The van der Waals surface area contributed by atoms with Gasteiger partial charge in [-0.2, -0.15) is 0 Å². The van der Waals surface area contributed by atoms with E-state index in [9.17, 15) is 4.39 Å². The fourth-order valence-corrected chi connectivity index (χ4v) is 2.50. The second kappa shape index (κ2) is 5.64. The molecule has 84 valence electrons. The molecule has 0 bridgehead atoms. The summed E-state index contributed by atoms with van der Waals surface area (Å²) >= 11 is 3.73. The highest BCUT2D eigenvalue weighted by molar-refractivity contribution is 9.09. The molecule has 0 aromatic heterocycles. The SMILES string of the molecule is CCC(c1ccc(F)cc1)C(Br)C(C)C. The van der Waals surface area contributed by atoms with Gasteiger partial charge in [-0.3, -0.25) is 0 Å². The summed E-state index contributed by atoms with van der Waals surface area (Å²) in [7, 11) is 0. The molecule has 1 aromatic carbocycles. The summed E-state index contributed by atoms with van der Waals surface area (Å²) in [5.41, 5.74) is 1.22. The van der Waals surface area contributed by atoms with Crippen LogP contribution in [0.1, 0.15) is 38.7 Å². The first-order valence-corrected chi connectivity index (χ1v) is 6.37. The molecule has 0 saturated carbocycles. The van der Waals surface area contributed by atoms with Gasteiger partial charge in [0.05, 0.1) is 0 Å². The Labute approximate surface area is 100 Å². The Morgan fingerprint density at radius 1 is 1.20 bits per heavy atom. The topological polar surface area (TPSA) is 0 Å². The van der Waals surface area contributed by atoms with Gasteiger partial charge in [-0.25, -0.2) is 4.39 Å². The molecule has 1 rings (SSSR count). The van der Waals surface area contributed by atoms with E-state index in [1.165, 1.54) is 17.7 Å². The zero-order valence-electron chi connectivity index (χ0n) is 9.50. The number of alkyl halides is 1. The zero-order valence-corrected chi connectivity index (χ0v) is 11.1. The molecule has 0 amide bonds. The van der Waals surface area contributed by atoms with Crippen molar-refractivity contribution in [2.75, 3.05) is 0 Å². The van der Waals surface area contributed by atoms with Gasteiger partial charge in [-0.05, 0) is 36.0 Å². The highest BCUT2D eigenvalue weighted by Gasteiger charge is 2.21. The van der Waals surface area contributed by atoms with Crippen LogP contribution >= 0.6 is 15.9 Å². The van der Waals surface area contributed by atoms with E-state index < -0.39 is 0 Å². The Morgan fingerprint density at radius 3 is 2.13 bits per heavy atom. The highest BCUT2D eigenvalue weighted by atomic mass is 79.9. The van der Waals surface area contributed by atoms with Crippen LogP contribution in [0, 0.1) is 11.7 Å². The van der Waals surface area contributed by atoms with Gasteiger partial charge in [0.1, 0.15) is 5.82 Å². The standard InChI is InChI=1S/C13H18BrF/c1-4-12(13(14)9(2)3)10-5-7-11(15)8-6-10/h5-9,12-13H,4H2,1-3H3. The molecule has 0 fully saturated rings. The van der Waals surface area contributed by atoms with Crippen molar-refractivity contribution in [2.24, 2.45) is 5.92 Å². The largest absolute Gasteiger partial charge is 0.207 e. The molecule has 0 aliphatic carbocycles. The molecule has 2 heteroatoms. The average molecular weight is 273 g/mol. The summed E-state index contributed by atoms with van der Waals surface area (Å²) in [6, 6.07) is 6.86. The van der Waals surface area contributed by atoms with E-state index in [0.717, 1.165) is 6.42 Å². The quantitative estimate of drug-likeness (QED) is 0.695. The Morgan fingerprint density at radius 2 is 1.73 bits per heavy atom. The van der Waals surface area contributed by atoms with Crippen molar-refractivity contribution in [1.82, 2.24) is 0 Å². The monoisotopic (exact) mass is 272 g/mol. The Bertz CT molecular complexity index is 292. The smallest absolute Gasteiger partial charge is 0.123 e. The summed E-state index contributed by atoms with van der Waals surface area (Å²) in [6.07, 6.45) is 1.07. The Balaban J connectivity index is 2.87. The molecular weight excluding hydrogens is 255 g/mol. The fourth-order valence-electron chi connectivity index (χ4n) is 1.82. The van der Waals surface area contributed by atoms with Gasteiger partial charge < -0.3 is 0 Å². The lowest BCUT2D eigenvalue weighted by Gasteiger charge is -2.24. The molecule has 0 N–H and O–H groups in total. The first-order valence-electron chi connectivity index (χ1n) is 5.45. The summed E-state index contributed by atoms with van der Waals surface area (Å²) in [4.78, 5) is 0.452. The van der Waals surface area contributed by atoms with Crippen molar-refractivity contribution in [1.29, 1.82) is 0 Å². The van der Waals surface area contributed by atoms with Crippen molar-refractivity contribution >= 4 is 15.9 Å². The van der Waals surface area contributed by atoms with Gasteiger partial charge >= 0.3 is 0 Å². The highest BCUT2D eigenvalue weighted by Crippen LogP contribution is 2.32. The average Bonchev–Trinajstić information content (AvgIpc) is 2.21. The van der Waals surface area contributed by atoms with Crippen LogP contribution in [0.25, 0.3) is 0 Å². The van der Waals surface area contributed by atoms with Gasteiger partial charge in [-0.1, -0.05) is 48.8 Å². The van der Waals surface area contributed by atoms with Gasteiger partial charge in [0.2, 0.25) is 0 Å². The maximum atomic E-state index is 12.8. The molecule has 0 aliphatic rings. The van der Waals surface area contributed by atoms with Crippen LogP contribution in [0.15, 0.2) is 24.3 Å². The van der Waals surface area contributed by atoms with Crippen LogP contribution in [0.4, 0.5) is 4.39 Å². The van der Waals surface area contributed by atoms with E-state index >= 15 is 0 Å². The van der Waals surface area contributed by atoms with Gasteiger partial charge in [0.15, 0.2) is 0 Å². The van der Waals surface area contributed by atoms with Gasteiger partial charge in [0, 0.05) is 4.83 Å². The maximum Gasteiger partial charge on any atom is 0.123 e. The third kappa shape index (κ3) is 3.30. The van der Waals surface area contributed by atoms with E-state index in [4.69, 9.17) is 0 Å². The summed E-state index contributed by atoms with van der Waals surface area (Å²) < 4.78 is 12.8. The summed E-state index contributed by atoms with van der Waals surface area (Å²) in [6.45, 7) is 6.57. The molecule has 2 unspecified atom stereocenters. The van der Waals surface area contributed by atoms with Gasteiger partial charge in [-0.15, -0.1) is 0 Å². The molecule has 0 nitrogen and oxygen atoms in total. The van der Waals surface area contributed by atoms with E-state index in [-0.39, 0.29) is 5.82 Å². The molecule has 0 saturated heterocycles. The number of hydrogen-bond donors (Lipinski definition) is 0. The molecular formula is C13H18BrF. The van der Waals surface area contributed by atoms with E-state index in [2.05, 4.69) is 36.7 Å². The number of benzene rings is 1.